The standard InChI is InChI=1S/C21H18BrN3S/c1-13(2)14-6-8-15(9-7-14)18-11-26-21-19(18)20(23-12-24-21)25-17-5-3-4-16(22)10-17/h3-13H,1-2H3,(H,23,24,25). The van der Waals surface area contributed by atoms with Crippen LogP contribution in [0.2, 0.25) is 0 Å². The number of aromatic nitrogens is 2. The Bertz CT molecular complexity index is 1050. The number of hydrogen-bond donors (Lipinski definition) is 1. The van der Waals surface area contributed by atoms with E-state index in [0.717, 1.165) is 26.2 Å². The summed E-state index contributed by atoms with van der Waals surface area (Å²) >= 11 is 5.16. The van der Waals surface area contributed by atoms with Crippen LogP contribution in [-0.4, -0.2) is 9.97 Å². The minimum absolute atomic E-state index is 0.528. The molecule has 2 heterocycles. The van der Waals surface area contributed by atoms with Gasteiger partial charge in [-0.05, 0) is 35.2 Å². The quantitative estimate of drug-likeness (QED) is 0.384. The van der Waals surface area contributed by atoms with Gasteiger partial charge in [-0.15, -0.1) is 11.3 Å². The molecule has 4 rings (SSSR count). The summed E-state index contributed by atoms with van der Waals surface area (Å²) in [6.07, 6.45) is 1.62. The van der Waals surface area contributed by atoms with Crippen LogP contribution in [0, 0.1) is 0 Å². The van der Waals surface area contributed by atoms with E-state index >= 15 is 0 Å². The molecule has 0 saturated carbocycles. The fourth-order valence-corrected chi connectivity index (χ4v) is 4.25. The van der Waals surface area contributed by atoms with Crippen molar-refractivity contribution in [3.63, 3.8) is 0 Å². The van der Waals surface area contributed by atoms with Crippen molar-refractivity contribution in [1.29, 1.82) is 0 Å². The smallest absolute Gasteiger partial charge is 0.143 e. The van der Waals surface area contributed by atoms with Crippen LogP contribution < -0.4 is 5.32 Å². The molecule has 0 aliphatic carbocycles. The lowest BCUT2D eigenvalue weighted by atomic mass is 9.99. The number of anilines is 2. The largest absolute Gasteiger partial charge is 0.340 e. The highest BCUT2D eigenvalue weighted by Crippen LogP contribution is 2.37. The Kier molecular flexibility index (Phi) is 4.74. The molecule has 0 aliphatic heterocycles. The second kappa shape index (κ2) is 7.17. The first-order valence-corrected chi connectivity index (χ1v) is 10.1. The second-order valence-corrected chi connectivity index (χ2v) is 8.24. The molecule has 0 aliphatic rings. The number of rotatable bonds is 4. The average molecular weight is 424 g/mol. The van der Waals surface area contributed by atoms with Gasteiger partial charge < -0.3 is 5.32 Å². The normalized spacial score (nSPS) is 11.2. The van der Waals surface area contributed by atoms with Crippen molar-refractivity contribution >= 4 is 49.0 Å². The van der Waals surface area contributed by atoms with Crippen molar-refractivity contribution in [3.8, 4) is 11.1 Å². The van der Waals surface area contributed by atoms with Gasteiger partial charge in [-0.3, -0.25) is 0 Å². The van der Waals surface area contributed by atoms with E-state index in [1.54, 1.807) is 17.7 Å². The molecule has 0 amide bonds. The zero-order valence-electron chi connectivity index (χ0n) is 14.5. The van der Waals surface area contributed by atoms with Gasteiger partial charge in [-0.2, -0.15) is 0 Å². The first kappa shape index (κ1) is 17.2. The molecule has 26 heavy (non-hydrogen) atoms. The van der Waals surface area contributed by atoms with Gasteiger partial charge in [0.15, 0.2) is 0 Å². The van der Waals surface area contributed by atoms with Crippen LogP contribution in [-0.2, 0) is 0 Å². The minimum atomic E-state index is 0.528. The Hall–Kier alpha value is -2.24. The molecule has 0 unspecified atom stereocenters. The fourth-order valence-electron chi connectivity index (χ4n) is 2.93. The predicted molar refractivity (Wildman–Crippen MR) is 114 cm³/mol. The summed E-state index contributed by atoms with van der Waals surface area (Å²) < 4.78 is 1.03. The number of nitrogens with one attached hydrogen (secondary N) is 1. The number of benzene rings is 2. The SMILES string of the molecule is CC(C)c1ccc(-c2csc3ncnc(Nc4cccc(Br)c4)c23)cc1. The highest BCUT2D eigenvalue weighted by atomic mass is 79.9. The molecule has 1 N–H and O–H groups in total. The van der Waals surface area contributed by atoms with E-state index in [-0.39, 0.29) is 0 Å². The summed E-state index contributed by atoms with van der Waals surface area (Å²) in [5.41, 5.74) is 4.69. The molecule has 4 aromatic rings. The van der Waals surface area contributed by atoms with E-state index in [1.165, 1.54) is 16.7 Å². The van der Waals surface area contributed by atoms with E-state index in [4.69, 9.17) is 0 Å². The maximum atomic E-state index is 4.51. The van der Waals surface area contributed by atoms with Crippen molar-refractivity contribution in [1.82, 2.24) is 9.97 Å². The van der Waals surface area contributed by atoms with Crippen LogP contribution in [0.25, 0.3) is 21.3 Å². The van der Waals surface area contributed by atoms with E-state index in [0.29, 0.717) is 5.92 Å². The molecule has 130 valence electrons. The maximum absolute atomic E-state index is 4.51. The van der Waals surface area contributed by atoms with Crippen molar-refractivity contribution in [2.75, 3.05) is 5.32 Å². The van der Waals surface area contributed by atoms with Crippen molar-refractivity contribution in [3.05, 3.63) is 70.3 Å². The number of nitrogens with zero attached hydrogens (tertiary/aromatic N) is 2. The van der Waals surface area contributed by atoms with E-state index in [2.05, 4.69) is 74.7 Å². The third-order valence-electron chi connectivity index (χ3n) is 4.35. The molecule has 5 heteroatoms. The lowest BCUT2D eigenvalue weighted by Gasteiger charge is -2.10. The van der Waals surface area contributed by atoms with Gasteiger partial charge >= 0.3 is 0 Å². The molecular weight excluding hydrogens is 406 g/mol. The summed E-state index contributed by atoms with van der Waals surface area (Å²) in [5, 5.41) is 6.67. The van der Waals surface area contributed by atoms with Crippen molar-refractivity contribution < 1.29 is 0 Å². The second-order valence-electron chi connectivity index (χ2n) is 6.46. The Morgan fingerprint density at radius 3 is 2.58 bits per heavy atom. The zero-order chi connectivity index (χ0) is 18.1. The average Bonchev–Trinajstić information content (AvgIpc) is 3.07. The molecule has 0 atom stereocenters. The van der Waals surface area contributed by atoms with Crippen molar-refractivity contribution in [2.45, 2.75) is 19.8 Å². The predicted octanol–water partition coefficient (Wildman–Crippen LogP) is 6.99. The first-order chi connectivity index (χ1) is 12.6. The Labute approximate surface area is 165 Å². The van der Waals surface area contributed by atoms with Gasteiger partial charge in [-0.1, -0.05) is 60.1 Å². The van der Waals surface area contributed by atoms with E-state index in [1.807, 2.05) is 24.3 Å². The van der Waals surface area contributed by atoms with Crippen LogP contribution >= 0.6 is 27.3 Å². The van der Waals surface area contributed by atoms with Gasteiger partial charge in [0.2, 0.25) is 0 Å². The fraction of sp³-hybridized carbons (Fsp3) is 0.143. The summed E-state index contributed by atoms with van der Waals surface area (Å²) in [7, 11) is 0. The van der Waals surface area contributed by atoms with Gasteiger partial charge in [-0.25, -0.2) is 9.97 Å². The topological polar surface area (TPSA) is 37.8 Å². The zero-order valence-corrected chi connectivity index (χ0v) is 16.9. The first-order valence-electron chi connectivity index (χ1n) is 8.47. The molecule has 0 spiro atoms. The molecule has 2 aromatic carbocycles. The van der Waals surface area contributed by atoms with Crippen molar-refractivity contribution in [2.24, 2.45) is 0 Å². The Morgan fingerprint density at radius 2 is 1.85 bits per heavy atom. The molecule has 0 saturated heterocycles. The third kappa shape index (κ3) is 3.37. The van der Waals surface area contributed by atoms with Crippen LogP contribution in [0.3, 0.4) is 0 Å². The van der Waals surface area contributed by atoms with Gasteiger partial charge in [0.05, 0.1) is 5.39 Å². The summed E-state index contributed by atoms with van der Waals surface area (Å²) in [6.45, 7) is 4.42. The number of fused-ring (bicyclic) bond motifs is 1. The number of hydrogen-bond acceptors (Lipinski definition) is 4. The summed E-state index contributed by atoms with van der Waals surface area (Å²) in [5.74, 6) is 1.36. The molecule has 3 nitrogen and oxygen atoms in total. The number of halogens is 1. The van der Waals surface area contributed by atoms with E-state index in [9.17, 15) is 0 Å². The van der Waals surface area contributed by atoms with Crippen LogP contribution in [0.1, 0.15) is 25.3 Å². The lowest BCUT2D eigenvalue weighted by molar-refractivity contribution is 0.867. The van der Waals surface area contributed by atoms with Gasteiger partial charge in [0.25, 0.3) is 0 Å². The van der Waals surface area contributed by atoms with Gasteiger partial charge in [0.1, 0.15) is 17.0 Å². The molecule has 2 aromatic heterocycles. The van der Waals surface area contributed by atoms with Crippen LogP contribution in [0.15, 0.2) is 64.7 Å². The summed E-state index contributed by atoms with van der Waals surface area (Å²) in [6, 6.07) is 16.9. The third-order valence-corrected chi connectivity index (χ3v) is 5.73. The highest BCUT2D eigenvalue weighted by molar-refractivity contribution is 9.10. The molecular formula is C21H18BrN3S. The van der Waals surface area contributed by atoms with Gasteiger partial charge in [0, 0.05) is 21.1 Å². The maximum Gasteiger partial charge on any atom is 0.143 e. The highest BCUT2D eigenvalue weighted by Gasteiger charge is 2.13. The summed E-state index contributed by atoms with van der Waals surface area (Å²) in [4.78, 5) is 9.94. The Morgan fingerprint density at radius 1 is 1.04 bits per heavy atom. The molecule has 0 radical (unpaired) electrons. The Balaban J connectivity index is 1.79. The molecule has 0 fully saturated rings. The number of thiophene rings is 1. The van der Waals surface area contributed by atoms with Crippen LogP contribution in [0.4, 0.5) is 11.5 Å². The molecule has 0 bridgehead atoms. The van der Waals surface area contributed by atoms with E-state index < -0.39 is 0 Å². The lowest BCUT2D eigenvalue weighted by Crippen LogP contribution is -1.95. The minimum Gasteiger partial charge on any atom is -0.340 e. The monoisotopic (exact) mass is 423 g/mol. The van der Waals surface area contributed by atoms with Crippen LogP contribution in [0.5, 0.6) is 0 Å².